The molecule has 0 saturated heterocycles. The van der Waals surface area contributed by atoms with E-state index in [0.717, 1.165) is 17.3 Å². The zero-order chi connectivity index (χ0) is 31.4. The lowest BCUT2D eigenvalue weighted by Crippen LogP contribution is -2.43. The van der Waals surface area contributed by atoms with Crippen LogP contribution in [0.25, 0.3) is 22.3 Å². The van der Waals surface area contributed by atoms with E-state index in [2.05, 4.69) is 35.3 Å². The van der Waals surface area contributed by atoms with Crippen LogP contribution < -0.4 is 20.1 Å². The van der Waals surface area contributed by atoms with Crippen LogP contribution in [0, 0.1) is 12.8 Å². The molecule has 44 heavy (non-hydrogen) atoms. The van der Waals surface area contributed by atoms with Crippen molar-refractivity contribution in [3.05, 3.63) is 35.8 Å². The summed E-state index contributed by atoms with van der Waals surface area (Å²) in [5.74, 6) is 1.76. The normalized spacial score (nSPS) is 18.7. The molecule has 2 saturated carbocycles. The van der Waals surface area contributed by atoms with Crippen molar-refractivity contribution in [1.29, 1.82) is 0 Å². The summed E-state index contributed by atoms with van der Waals surface area (Å²) < 4.78 is 20.1. The van der Waals surface area contributed by atoms with Gasteiger partial charge in [-0.25, -0.2) is 14.8 Å². The van der Waals surface area contributed by atoms with E-state index < -0.39 is 14.2 Å². The number of carbonyl (C=O) groups is 2. The number of methoxy groups -OCH3 is 1. The molecule has 2 heterocycles. The van der Waals surface area contributed by atoms with E-state index in [-0.39, 0.29) is 24.7 Å². The first-order chi connectivity index (χ1) is 21.0. The first-order valence-electron chi connectivity index (χ1n) is 15.6. The van der Waals surface area contributed by atoms with Crippen molar-refractivity contribution in [2.75, 3.05) is 20.3 Å². The number of hydrogen-bond donors (Lipinski definition) is 3. The number of rotatable bonds is 13. The van der Waals surface area contributed by atoms with Gasteiger partial charge in [0.1, 0.15) is 35.8 Å². The molecule has 12 heteroatoms. The molecule has 1 aromatic carbocycles. The van der Waals surface area contributed by atoms with E-state index in [1.54, 1.807) is 7.11 Å². The van der Waals surface area contributed by atoms with Crippen molar-refractivity contribution in [2.24, 2.45) is 5.92 Å². The van der Waals surface area contributed by atoms with Gasteiger partial charge in [-0.2, -0.15) is 0 Å². The minimum Gasteiger partial charge on any atom is -0.497 e. The quantitative estimate of drug-likeness (QED) is 0.160. The van der Waals surface area contributed by atoms with Gasteiger partial charge in [0.25, 0.3) is 5.91 Å². The number of carboxylic acid groups (broad SMARTS) is 1. The fourth-order valence-electron chi connectivity index (χ4n) is 5.71. The zero-order valence-corrected chi connectivity index (χ0v) is 27.4. The molecule has 5 rings (SSSR count). The van der Waals surface area contributed by atoms with Crippen molar-refractivity contribution in [3.63, 3.8) is 0 Å². The lowest BCUT2D eigenvalue weighted by atomic mass is 9.91. The number of ether oxygens (including phenoxy) is 3. The van der Waals surface area contributed by atoms with E-state index in [0.29, 0.717) is 78.6 Å². The Bertz CT molecular complexity index is 1490. The highest BCUT2D eigenvalue weighted by atomic mass is 28.3. The summed E-state index contributed by atoms with van der Waals surface area (Å²) in [5.41, 5.74) is 3.92. The van der Waals surface area contributed by atoms with Crippen molar-refractivity contribution in [3.8, 4) is 22.8 Å². The highest BCUT2D eigenvalue weighted by Gasteiger charge is 2.30. The number of aromatic nitrogens is 3. The lowest BCUT2D eigenvalue weighted by Gasteiger charge is -2.28. The van der Waals surface area contributed by atoms with Gasteiger partial charge in [0.15, 0.2) is 0 Å². The number of hydrogen-bond acceptors (Lipinski definition) is 7. The number of amides is 2. The van der Waals surface area contributed by atoms with E-state index in [9.17, 15) is 9.59 Å². The first-order valence-corrected chi connectivity index (χ1v) is 19.3. The zero-order valence-electron chi connectivity index (χ0n) is 26.4. The topological polar surface area (TPSA) is 137 Å². The molecule has 238 valence electrons. The summed E-state index contributed by atoms with van der Waals surface area (Å²) >= 11 is 0. The maximum Gasteiger partial charge on any atom is 0.404 e. The molecule has 0 atom stereocenters. The minimum atomic E-state index is -1.30. The third-order valence-corrected chi connectivity index (χ3v) is 10.2. The fourth-order valence-corrected chi connectivity index (χ4v) is 6.47. The molecule has 2 amide bonds. The molecule has 0 bridgehead atoms. The van der Waals surface area contributed by atoms with Crippen LogP contribution >= 0.6 is 0 Å². The summed E-state index contributed by atoms with van der Waals surface area (Å²) in [7, 11) is 0.331. The summed E-state index contributed by atoms with van der Waals surface area (Å²) in [5, 5.41) is 14.8. The van der Waals surface area contributed by atoms with Crippen molar-refractivity contribution in [2.45, 2.75) is 89.9 Å². The van der Waals surface area contributed by atoms with Crippen LogP contribution in [0.5, 0.6) is 11.5 Å². The summed E-state index contributed by atoms with van der Waals surface area (Å²) in [4.78, 5) is 34.3. The molecule has 0 unspecified atom stereocenters. The van der Waals surface area contributed by atoms with Crippen LogP contribution in [0.15, 0.2) is 24.5 Å². The molecule has 11 nitrogen and oxygen atoms in total. The van der Waals surface area contributed by atoms with Crippen LogP contribution in [0.4, 0.5) is 4.79 Å². The molecular formula is C32H45N5O6Si. The maximum absolute atomic E-state index is 13.9. The predicted octanol–water partition coefficient (Wildman–Crippen LogP) is 5.83. The number of nitrogens with zero attached hydrogens (tertiary/aromatic N) is 3. The number of fused-ring (bicyclic) bond motifs is 1. The number of nitrogens with one attached hydrogen (secondary N) is 2. The Labute approximate surface area is 259 Å². The van der Waals surface area contributed by atoms with Gasteiger partial charge in [-0.15, -0.1) is 0 Å². The van der Waals surface area contributed by atoms with Crippen molar-refractivity contribution in [1.82, 2.24) is 25.2 Å². The number of carbonyl (C=O) groups excluding carboxylic acids is 1. The third kappa shape index (κ3) is 7.70. The van der Waals surface area contributed by atoms with Gasteiger partial charge >= 0.3 is 6.09 Å². The van der Waals surface area contributed by atoms with Crippen LogP contribution in [-0.4, -0.2) is 72.1 Å². The van der Waals surface area contributed by atoms with Gasteiger partial charge in [-0.1, -0.05) is 19.6 Å². The molecule has 2 aliphatic carbocycles. The average Bonchev–Trinajstić information content (AvgIpc) is 3.76. The molecule has 3 aromatic rings. The van der Waals surface area contributed by atoms with Crippen LogP contribution in [0.3, 0.4) is 0 Å². The summed E-state index contributed by atoms with van der Waals surface area (Å²) in [6.45, 7) is 10.4. The van der Waals surface area contributed by atoms with Crippen LogP contribution in [0.2, 0.25) is 25.7 Å². The molecule has 0 spiro atoms. The summed E-state index contributed by atoms with van der Waals surface area (Å²) in [6, 6.07) is 6.60. The largest absolute Gasteiger partial charge is 0.497 e. The van der Waals surface area contributed by atoms with Gasteiger partial charge in [0, 0.05) is 38.0 Å². The SMILES string of the molecule is COc1ccc(OCC2CC2)c(-c2ncnc3c(C(=O)N[C@H]4CC[C@@H](NC(=O)O)CC4)c(C)n(COCC[Si](C)(C)C)c23)c1. The van der Waals surface area contributed by atoms with E-state index in [1.807, 2.05) is 29.7 Å². The smallest absolute Gasteiger partial charge is 0.404 e. The Morgan fingerprint density at radius 2 is 1.75 bits per heavy atom. The number of benzene rings is 1. The highest BCUT2D eigenvalue weighted by molar-refractivity contribution is 6.76. The second-order valence-corrected chi connectivity index (χ2v) is 18.9. The van der Waals surface area contributed by atoms with Gasteiger partial charge < -0.3 is 34.5 Å². The Kier molecular flexibility index (Phi) is 9.79. The predicted molar refractivity (Wildman–Crippen MR) is 171 cm³/mol. The Morgan fingerprint density at radius 3 is 2.39 bits per heavy atom. The monoisotopic (exact) mass is 623 g/mol. The van der Waals surface area contributed by atoms with Crippen LogP contribution in [-0.2, 0) is 11.5 Å². The third-order valence-electron chi connectivity index (χ3n) is 8.54. The molecule has 3 N–H and O–H groups in total. The Balaban J connectivity index is 1.51. The highest BCUT2D eigenvalue weighted by Crippen LogP contribution is 2.39. The fraction of sp³-hybridized carbons (Fsp3) is 0.562. The molecule has 2 aliphatic rings. The van der Waals surface area contributed by atoms with E-state index in [4.69, 9.17) is 24.3 Å². The second-order valence-electron chi connectivity index (χ2n) is 13.2. The minimum absolute atomic E-state index is 0.0535. The molecular weight excluding hydrogens is 578 g/mol. The first kappa shape index (κ1) is 31.8. The Morgan fingerprint density at radius 1 is 1.05 bits per heavy atom. The standard InChI is InChI=1S/C32H45N5O6Si/c1-20-27(31(38)35-22-8-10-23(11-9-22)36-32(39)40)29-30(37(20)19-42-14-15-44(3,4)5)28(33-18-34-29)25-16-24(41-2)12-13-26(25)43-17-21-6-7-21/h12-13,16,18,21-23,36H,6-11,14-15,17,19H2,1-5H3,(H,35,38)(H,39,40)/t22-,23+. The average molecular weight is 624 g/mol. The second kappa shape index (κ2) is 13.6. The maximum atomic E-state index is 13.9. The molecule has 2 fully saturated rings. The van der Waals surface area contributed by atoms with Gasteiger partial charge in [-0.3, -0.25) is 4.79 Å². The molecule has 2 aromatic heterocycles. The lowest BCUT2D eigenvalue weighted by molar-refractivity contribution is 0.0877. The van der Waals surface area contributed by atoms with Gasteiger partial charge in [-0.05, 0) is 75.6 Å². The molecule has 0 aliphatic heterocycles. The summed E-state index contributed by atoms with van der Waals surface area (Å²) in [6.07, 6.45) is 5.58. The van der Waals surface area contributed by atoms with Gasteiger partial charge in [0.05, 0.1) is 24.8 Å². The van der Waals surface area contributed by atoms with E-state index in [1.165, 1.54) is 19.2 Å². The van der Waals surface area contributed by atoms with E-state index >= 15 is 0 Å². The Hall–Kier alpha value is -3.64. The van der Waals surface area contributed by atoms with Crippen molar-refractivity contribution >= 4 is 31.1 Å². The molecule has 0 radical (unpaired) electrons. The van der Waals surface area contributed by atoms with Gasteiger partial charge in [0.2, 0.25) is 0 Å². The van der Waals surface area contributed by atoms with Crippen molar-refractivity contribution < 1.29 is 28.9 Å². The van der Waals surface area contributed by atoms with Crippen LogP contribution in [0.1, 0.15) is 54.6 Å².